The third kappa shape index (κ3) is 5.70. The first kappa shape index (κ1) is 15.6. The van der Waals surface area contributed by atoms with Crippen molar-refractivity contribution < 1.29 is 4.79 Å². The van der Waals surface area contributed by atoms with Crippen LogP contribution in [0.15, 0.2) is 0 Å². The van der Waals surface area contributed by atoms with Gasteiger partial charge in [-0.05, 0) is 25.7 Å². The third-order valence-electron chi connectivity index (χ3n) is 4.58. The Morgan fingerprint density at radius 2 is 1.45 bits per heavy atom. The predicted molar refractivity (Wildman–Crippen MR) is 82.9 cm³/mol. The molecule has 0 unspecified atom stereocenters. The summed E-state index contributed by atoms with van der Waals surface area (Å²) in [5, 5.41) is 6.66. The number of carbonyl (C=O) groups excluding carboxylic acids is 1. The second kappa shape index (κ2) is 9.22. The Bertz CT molecular complexity index is 267. The van der Waals surface area contributed by atoms with Crippen molar-refractivity contribution >= 4 is 6.03 Å². The Labute approximate surface area is 123 Å². The number of nitrogens with one attached hydrogen (secondary N) is 2. The van der Waals surface area contributed by atoms with Gasteiger partial charge >= 0.3 is 6.03 Å². The fourth-order valence-corrected chi connectivity index (χ4v) is 3.31. The van der Waals surface area contributed by atoms with Crippen LogP contribution in [0, 0.1) is 0 Å². The highest BCUT2D eigenvalue weighted by Crippen LogP contribution is 2.16. The van der Waals surface area contributed by atoms with Gasteiger partial charge in [-0.3, -0.25) is 0 Å². The highest BCUT2D eigenvalue weighted by atomic mass is 16.2. The van der Waals surface area contributed by atoms with E-state index in [-0.39, 0.29) is 6.03 Å². The first-order valence-electron chi connectivity index (χ1n) is 8.62. The molecule has 116 valence electrons. The molecule has 0 aromatic rings. The predicted octanol–water partition coefficient (Wildman–Crippen LogP) is 2.88. The van der Waals surface area contributed by atoms with Gasteiger partial charge in [0.1, 0.15) is 0 Å². The van der Waals surface area contributed by atoms with Crippen molar-refractivity contribution in [3.05, 3.63) is 0 Å². The van der Waals surface area contributed by atoms with E-state index in [1.165, 1.54) is 51.4 Å². The SMILES string of the molecule is O=C(NCCNC1CCCCCC1)N1CCCCCC1. The van der Waals surface area contributed by atoms with Gasteiger partial charge in [0.05, 0.1) is 0 Å². The van der Waals surface area contributed by atoms with Crippen LogP contribution in [-0.2, 0) is 0 Å². The monoisotopic (exact) mass is 281 g/mol. The molecule has 2 aliphatic rings. The van der Waals surface area contributed by atoms with E-state index in [2.05, 4.69) is 10.6 Å². The van der Waals surface area contributed by atoms with Crippen LogP contribution < -0.4 is 10.6 Å². The van der Waals surface area contributed by atoms with Gasteiger partial charge in [0, 0.05) is 32.2 Å². The van der Waals surface area contributed by atoms with Gasteiger partial charge in [-0.15, -0.1) is 0 Å². The van der Waals surface area contributed by atoms with Gasteiger partial charge in [-0.2, -0.15) is 0 Å². The molecular weight excluding hydrogens is 250 g/mol. The molecule has 1 saturated heterocycles. The van der Waals surface area contributed by atoms with Crippen LogP contribution in [0.3, 0.4) is 0 Å². The largest absolute Gasteiger partial charge is 0.337 e. The Hall–Kier alpha value is -0.770. The zero-order chi connectivity index (χ0) is 14.0. The lowest BCUT2D eigenvalue weighted by molar-refractivity contribution is 0.199. The molecular formula is C16H31N3O. The maximum absolute atomic E-state index is 12.0. The number of likely N-dealkylation sites (tertiary alicyclic amines) is 1. The molecule has 4 nitrogen and oxygen atoms in total. The lowest BCUT2D eigenvalue weighted by Gasteiger charge is -2.21. The maximum atomic E-state index is 12.0. The number of hydrogen-bond donors (Lipinski definition) is 2. The van der Waals surface area contributed by atoms with Crippen molar-refractivity contribution in [1.82, 2.24) is 15.5 Å². The van der Waals surface area contributed by atoms with E-state index >= 15 is 0 Å². The molecule has 2 rings (SSSR count). The number of carbonyl (C=O) groups is 1. The zero-order valence-electron chi connectivity index (χ0n) is 12.8. The first-order valence-corrected chi connectivity index (χ1v) is 8.62. The highest BCUT2D eigenvalue weighted by molar-refractivity contribution is 5.74. The lowest BCUT2D eigenvalue weighted by Crippen LogP contribution is -2.44. The molecule has 4 heteroatoms. The number of urea groups is 1. The third-order valence-corrected chi connectivity index (χ3v) is 4.58. The van der Waals surface area contributed by atoms with Crippen molar-refractivity contribution in [2.75, 3.05) is 26.2 Å². The van der Waals surface area contributed by atoms with Crippen LogP contribution in [0.25, 0.3) is 0 Å². The van der Waals surface area contributed by atoms with Gasteiger partial charge in [0.25, 0.3) is 0 Å². The van der Waals surface area contributed by atoms with E-state index in [0.29, 0.717) is 6.04 Å². The molecule has 20 heavy (non-hydrogen) atoms. The van der Waals surface area contributed by atoms with E-state index < -0.39 is 0 Å². The van der Waals surface area contributed by atoms with Crippen molar-refractivity contribution in [3.63, 3.8) is 0 Å². The topological polar surface area (TPSA) is 44.4 Å². The minimum absolute atomic E-state index is 0.134. The van der Waals surface area contributed by atoms with Crippen LogP contribution in [0.5, 0.6) is 0 Å². The molecule has 1 saturated carbocycles. The lowest BCUT2D eigenvalue weighted by atomic mass is 10.1. The van der Waals surface area contributed by atoms with E-state index in [1.54, 1.807) is 0 Å². The van der Waals surface area contributed by atoms with Crippen molar-refractivity contribution in [1.29, 1.82) is 0 Å². The van der Waals surface area contributed by atoms with Crippen LogP contribution >= 0.6 is 0 Å². The second-order valence-electron chi connectivity index (χ2n) is 6.28. The van der Waals surface area contributed by atoms with Crippen molar-refractivity contribution in [2.24, 2.45) is 0 Å². The van der Waals surface area contributed by atoms with Crippen LogP contribution in [-0.4, -0.2) is 43.2 Å². The van der Waals surface area contributed by atoms with E-state index in [0.717, 1.165) is 39.0 Å². The van der Waals surface area contributed by atoms with Gasteiger partial charge in [0.15, 0.2) is 0 Å². The number of hydrogen-bond acceptors (Lipinski definition) is 2. The van der Waals surface area contributed by atoms with Gasteiger partial charge in [0.2, 0.25) is 0 Å². The minimum atomic E-state index is 0.134. The summed E-state index contributed by atoms with van der Waals surface area (Å²) >= 11 is 0. The average molecular weight is 281 g/mol. The molecule has 0 aromatic carbocycles. The minimum Gasteiger partial charge on any atom is -0.337 e. The summed E-state index contributed by atoms with van der Waals surface area (Å²) < 4.78 is 0. The molecule has 2 fully saturated rings. The summed E-state index contributed by atoms with van der Waals surface area (Å²) in [6, 6.07) is 0.808. The van der Waals surface area contributed by atoms with E-state index in [4.69, 9.17) is 0 Å². The molecule has 0 spiro atoms. The van der Waals surface area contributed by atoms with Crippen molar-refractivity contribution in [3.8, 4) is 0 Å². The Balaban J connectivity index is 1.56. The molecule has 1 aliphatic carbocycles. The quantitative estimate of drug-likeness (QED) is 0.615. The van der Waals surface area contributed by atoms with E-state index in [9.17, 15) is 4.79 Å². The smallest absolute Gasteiger partial charge is 0.317 e. The fourth-order valence-electron chi connectivity index (χ4n) is 3.31. The maximum Gasteiger partial charge on any atom is 0.317 e. The summed E-state index contributed by atoms with van der Waals surface area (Å²) in [5.74, 6) is 0. The first-order chi connectivity index (χ1) is 9.86. The second-order valence-corrected chi connectivity index (χ2v) is 6.28. The van der Waals surface area contributed by atoms with Crippen LogP contribution in [0.1, 0.15) is 64.2 Å². The summed E-state index contributed by atoms with van der Waals surface area (Å²) in [4.78, 5) is 14.0. The average Bonchev–Trinajstić information content (AvgIpc) is 2.88. The van der Waals surface area contributed by atoms with Gasteiger partial charge < -0.3 is 15.5 Å². The van der Waals surface area contributed by atoms with Crippen LogP contribution in [0.4, 0.5) is 4.79 Å². The normalized spacial score (nSPS) is 22.1. The van der Waals surface area contributed by atoms with Gasteiger partial charge in [-0.25, -0.2) is 4.79 Å². The Kier molecular flexibility index (Phi) is 7.20. The van der Waals surface area contributed by atoms with E-state index in [1.807, 2.05) is 4.90 Å². The summed E-state index contributed by atoms with van der Waals surface area (Å²) in [7, 11) is 0. The summed E-state index contributed by atoms with van der Waals surface area (Å²) in [6.07, 6.45) is 13.0. The number of nitrogens with zero attached hydrogens (tertiary/aromatic N) is 1. The van der Waals surface area contributed by atoms with Gasteiger partial charge in [-0.1, -0.05) is 38.5 Å². The Morgan fingerprint density at radius 3 is 2.10 bits per heavy atom. The number of rotatable bonds is 4. The molecule has 0 radical (unpaired) electrons. The fraction of sp³-hybridized carbons (Fsp3) is 0.938. The highest BCUT2D eigenvalue weighted by Gasteiger charge is 2.15. The molecule has 0 aromatic heterocycles. The molecule has 0 bridgehead atoms. The molecule has 1 aliphatic heterocycles. The molecule has 2 N–H and O–H groups in total. The standard InChI is InChI=1S/C16H31N3O/c20-16(19-13-7-3-4-8-14-19)18-12-11-17-15-9-5-1-2-6-10-15/h15,17H,1-14H2,(H,18,20). The molecule has 1 heterocycles. The van der Waals surface area contributed by atoms with Crippen molar-refractivity contribution in [2.45, 2.75) is 70.3 Å². The number of amides is 2. The Morgan fingerprint density at radius 1 is 0.850 bits per heavy atom. The summed E-state index contributed by atoms with van der Waals surface area (Å²) in [6.45, 7) is 3.53. The molecule has 2 amide bonds. The van der Waals surface area contributed by atoms with Crippen LogP contribution in [0.2, 0.25) is 0 Å². The molecule has 0 atom stereocenters. The zero-order valence-corrected chi connectivity index (χ0v) is 12.8. The summed E-state index contributed by atoms with van der Waals surface area (Å²) in [5.41, 5.74) is 0.